The third-order valence-electron chi connectivity index (χ3n) is 0.858. The summed E-state index contributed by atoms with van der Waals surface area (Å²) in [6, 6.07) is -0.874. The SMILES string of the molecule is CC(=O)N[C@@H](CS)C(=O)O.[InH3]. The van der Waals surface area contributed by atoms with Crippen molar-refractivity contribution in [3.63, 3.8) is 0 Å². The molecule has 1 atom stereocenters. The van der Waals surface area contributed by atoms with Crippen LogP contribution in [0.5, 0.6) is 0 Å². The van der Waals surface area contributed by atoms with E-state index in [1.54, 1.807) is 0 Å². The van der Waals surface area contributed by atoms with Crippen LogP contribution in [0.1, 0.15) is 6.92 Å². The van der Waals surface area contributed by atoms with E-state index in [0.29, 0.717) is 0 Å². The van der Waals surface area contributed by atoms with Crippen LogP contribution in [0.15, 0.2) is 0 Å². The molecule has 0 aromatic heterocycles. The quantitative estimate of drug-likeness (QED) is 0.541. The van der Waals surface area contributed by atoms with Gasteiger partial charge in [0.05, 0.1) is 0 Å². The van der Waals surface area contributed by atoms with E-state index < -0.39 is 12.0 Å². The van der Waals surface area contributed by atoms with Crippen molar-refractivity contribution < 1.29 is 14.7 Å². The van der Waals surface area contributed by atoms with Gasteiger partial charge in [-0.3, -0.25) is 4.79 Å². The molecule has 11 heavy (non-hydrogen) atoms. The first-order valence-electron chi connectivity index (χ1n) is 2.68. The van der Waals surface area contributed by atoms with Crippen molar-refractivity contribution >= 4 is 50.3 Å². The van der Waals surface area contributed by atoms with E-state index in [1.807, 2.05) is 0 Å². The maximum absolute atomic E-state index is 10.3. The van der Waals surface area contributed by atoms with Gasteiger partial charge in [-0.25, -0.2) is 4.79 Å². The van der Waals surface area contributed by atoms with E-state index in [-0.39, 0.29) is 37.5 Å². The molecule has 0 aliphatic rings. The number of hydrogen-bond donors (Lipinski definition) is 3. The fourth-order valence-corrected chi connectivity index (χ4v) is 0.678. The molecule has 2 N–H and O–H groups in total. The Balaban J connectivity index is 0. The van der Waals surface area contributed by atoms with Gasteiger partial charge in [-0.15, -0.1) is 0 Å². The first kappa shape index (κ1) is 13.7. The summed E-state index contributed by atoms with van der Waals surface area (Å²) in [5.74, 6) is -1.32. The number of carbonyl (C=O) groups excluding carboxylic acids is 1. The summed E-state index contributed by atoms with van der Waals surface area (Å²) in [6.45, 7) is 1.26. The number of carboxylic acids is 1. The summed E-state index contributed by atoms with van der Waals surface area (Å²) in [5.41, 5.74) is 0. The summed E-state index contributed by atoms with van der Waals surface area (Å²) < 4.78 is 0. The maximum atomic E-state index is 10.3. The molecule has 0 saturated heterocycles. The van der Waals surface area contributed by atoms with Crippen LogP contribution < -0.4 is 5.32 Å². The molecular formula is C5H12InNO3S. The minimum atomic E-state index is -1.06. The molecule has 0 fully saturated rings. The molecule has 0 saturated carbocycles. The van der Waals surface area contributed by atoms with Crippen molar-refractivity contribution in [2.45, 2.75) is 13.0 Å². The molecule has 64 valence electrons. The van der Waals surface area contributed by atoms with Crippen molar-refractivity contribution in [3.05, 3.63) is 0 Å². The van der Waals surface area contributed by atoms with E-state index >= 15 is 0 Å². The number of nitrogens with one attached hydrogen (secondary N) is 1. The Labute approximate surface area is 88.9 Å². The average molecular weight is 281 g/mol. The molecule has 0 heterocycles. The topological polar surface area (TPSA) is 66.4 Å². The van der Waals surface area contributed by atoms with Crippen molar-refractivity contribution in [3.8, 4) is 0 Å². The zero-order valence-electron chi connectivity index (χ0n) is 5.50. The van der Waals surface area contributed by atoms with Crippen LogP contribution in [0.2, 0.25) is 0 Å². The summed E-state index contributed by atoms with van der Waals surface area (Å²) >= 11 is 3.73. The molecule has 6 heteroatoms. The molecular weight excluding hydrogens is 269 g/mol. The molecule has 0 rings (SSSR count). The Morgan fingerprint density at radius 1 is 1.64 bits per heavy atom. The number of rotatable bonds is 3. The minimum absolute atomic E-state index is 0. The first-order chi connectivity index (χ1) is 4.57. The number of carbonyl (C=O) groups is 2. The molecule has 4 nitrogen and oxygen atoms in total. The Morgan fingerprint density at radius 2 is 2.09 bits per heavy atom. The molecule has 0 aromatic carbocycles. The van der Waals surface area contributed by atoms with Crippen LogP contribution in [0.25, 0.3) is 0 Å². The van der Waals surface area contributed by atoms with Crippen molar-refractivity contribution in [2.75, 3.05) is 5.75 Å². The standard InChI is InChI=1S/C5H9NO3S.In.3H/c1-3(7)6-4(2-10)5(8)9;;;;/h4,10H,2H2,1H3,(H,6,7)(H,8,9);;;;/t4-;;;;/m0..../s1. The number of amides is 1. The Hall–Kier alpha value is 0.160. The van der Waals surface area contributed by atoms with Gasteiger partial charge in [0.25, 0.3) is 0 Å². The fourth-order valence-electron chi connectivity index (χ4n) is 0.431. The summed E-state index contributed by atoms with van der Waals surface area (Å²) in [7, 11) is 0. The normalized spacial score (nSPS) is 11.1. The zero-order chi connectivity index (χ0) is 8.15. The second kappa shape index (κ2) is 6.84. The van der Waals surface area contributed by atoms with E-state index in [4.69, 9.17) is 5.11 Å². The molecule has 0 bridgehead atoms. The van der Waals surface area contributed by atoms with Crippen molar-refractivity contribution in [1.82, 2.24) is 5.32 Å². The van der Waals surface area contributed by atoms with Crippen LogP contribution in [0.4, 0.5) is 0 Å². The third kappa shape index (κ3) is 6.55. The third-order valence-corrected chi connectivity index (χ3v) is 1.22. The second-order valence-corrected chi connectivity index (χ2v) is 2.14. The molecule has 0 unspecified atom stereocenters. The number of thiol groups is 1. The molecule has 1 amide bonds. The van der Waals surface area contributed by atoms with E-state index in [2.05, 4.69) is 17.9 Å². The molecule has 0 aliphatic carbocycles. The Bertz CT molecular complexity index is 153. The van der Waals surface area contributed by atoms with Gasteiger partial charge < -0.3 is 10.4 Å². The summed E-state index contributed by atoms with van der Waals surface area (Å²) in [6.07, 6.45) is 0. The molecule has 0 spiro atoms. The number of aliphatic carboxylic acids is 1. The second-order valence-electron chi connectivity index (χ2n) is 1.77. The van der Waals surface area contributed by atoms with Gasteiger partial charge in [0.1, 0.15) is 6.04 Å². The first-order valence-corrected chi connectivity index (χ1v) is 3.32. The predicted octanol–water partition coefficient (Wildman–Crippen LogP) is -1.68. The van der Waals surface area contributed by atoms with Gasteiger partial charge in [-0.2, -0.15) is 12.6 Å². The molecule has 0 aromatic rings. The zero-order valence-corrected chi connectivity index (χ0v) is 6.39. The van der Waals surface area contributed by atoms with Crippen LogP contribution in [0, 0.1) is 0 Å². The van der Waals surface area contributed by atoms with Crippen LogP contribution in [0.3, 0.4) is 0 Å². The Kier molecular flexibility index (Phi) is 8.54. The average Bonchev–Trinajstić information content (AvgIpc) is 1.81. The van der Waals surface area contributed by atoms with Gasteiger partial charge in [-0.05, 0) is 0 Å². The summed E-state index contributed by atoms with van der Waals surface area (Å²) in [5, 5.41) is 10.6. The predicted molar refractivity (Wildman–Crippen MR) is 49.0 cm³/mol. The fraction of sp³-hybridized carbons (Fsp3) is 0.600. The number of carboxylic acid groups (broad SMARTS) is 1. The van der Waals surface area contributed by atoms with E-state index in [0.717, 1.165) is 0 Å². The van der Waals surface area contributed by atoms with E-state index in [9.17, 15) is 9.59 Å². The van der Waals surface area contributed by atoms with Crippen LogP contribution in [-0.4, -0.2) is 54.6 Å². The van der Waals surface area contributed by atoms with Crippen molar-refractivity contribution in [2.24, 2.45) is 0 Å². The molecule has 0 radical (unpaired) electrons. The van der Waals surface area contributed by atoms with Gasteiger partial charge in [-0.1, -0.05) is 0 Å². The van der Waals surface area contributed by atoms with Crippen LogP contribution >= 0.6 is 12.6 Å². The Morgan fingerprint density at radius 3 is 2.18 bits per heavy atom. The van der Waals surface area contributed by atoms with Crippen molar-refractivity contribution in [1.29, 1.82) is 0 Å². The van der Waals surface area contributed by atoms with Gasteiger partial charge >= 0.3 is 31.8 Å². The summed E-state index contributed by atoms with van der Waals surface area (Å²) in [4.78, 5) is 20.5. The molecule has 0 aliphatic heterocycles. The monoisotopic (exact) mass is 281 g/mol. The van der Waals surface area contributed by atoms with E-state index in [1.165, 1.54) is 6.92 Å². The van der Waals surface area contributed by atoms with Gasteiger partial charge in [0.2, 0.25) is 5.91 Å². The van der Waals surface area contributed by atoms with Crippen LogP contribution in [-0.2, 0) is 9.59 Å². The number of hydrogen-bond acceptors (Lipinski definition) is 3. The van der Waals surface area contributed by atoms with Gasteiger partial charge in [0.15, 0.2) is 0 Å². The van der Waals surface area contributed by atoms with Gasteiger partial charge in [0, 0.05) is 12.7 Å².